The van der Waals surface area contributed by atoms with Gasteiger partial charge in [-0.2, -0.15) is 4.39 Å². The highest BCUT2D eigenvalue weighted by Crippen LogP contribution is 2.36. The predicted molar refractivity (Wildman–Crippen MR) is 113 cm³/mol. The number of carbonyl (C=O) groups is 1. The zero-order valence-corrected chi connectivity index (χ0v) is 19.0. The van der Waals surface area contributed by atoms with Crippen molar-refractivity contribution >= 4 is 27.3 Å². The topological polar surface area (TPSA) is 102 Å². The number of rotatable bonds is 5. The minimum atomic E-state index is -4.03. The molecular formula is C20H21FN4O4S2. The number of halogens is 1. The van der Waals surface area contributed by atoms with Gasteiger partial charge in [0.05, 0.1) is 17.0 Å². The van der Waals surface area contributed by atoms with Crippen LogP contribution >= 0.6 is 11.3 Å². The van der Waals surface area contributed by atoms with E-state index in [1.807, 2.05) is 0 Å². The normalized spacial score (nSPS) is 11.9. The molecule has 1 amide bonds. The first-order chi connectivity index (χ1) is 14.5. The molecule has 0 fully saturated rings. The molecule has 0 unspecified atom stereocenters. The molecule has 3 aromatic rings. The average molecular weight is 465 g/mol. The van der Waals surface area contributed by atoms with Gasteiger partial charge >= 0.3 is 6.09 Å². The molecule has 3 aromatic heterocycles. The van der Waals surface area contributed by atoms with E-state index in [0.717, 1.165) is 11.3 Å². The van der Waals surface area contributed by atoms with E-state index in [1.165, 1.54) is 54.8 Å². The summed E-state index contributed by atoms with van der Waals surface area (Å²) in [4.78, 5) is 25.3. The summed E-state index contributed by atoms with van der Waals surface area (Å²) in [5.41, 5.74) is -0.799. The maximum absolute atomic E-state index is 14.4. The first-order valence-corrected chi connectivity index (χ1v) is 11.5. The van der Waals surface area contributed by atoms with Crippen LogP contribution in [0.2, 0.25) is 0 Å². The van der Waals surface area contributed by atoms with Gasteiger partial charge in [0, 0.05) is 25.6 Å². The number of thiazole rings is 1. The van der Waals surface area contributed by atoms with Gasteiger partial charge in [-0.15, -0.1) is 11.3 Å². The van der Waals surface area contributed by atoms with E-state index in [9.17, 15) is 17.6 Å². The summed E-state index contributed by atoms with van der Waals surface area (Å²) in [5, 5.41) is 0.300. The average Bonchev–Trinajstić information content (AvgIpc) is 3.12. The van der Waals surface area contributed by atoms with Crippen molar-refractivity contribution < 1.29 is 22.3 Å². The number of hydrogen-bond acceptors (Lipinski definition) is 8. The van der Waals surface area contributed by atoms with E-state index in [1.54, 1.807) is 20.8 Å². The Labute approximate surface area is 183 Å². The Kier molecular flexibility index (Phi) is 6.37. The Bertz CT molecular complexity index is 1190. The summed E-state index contributed by atoms with van der Waals surface area (Å²) in [6.07, 6.45) is 3.34. The molecule has 0 N–H and O–H groups in total. The Morgan fingerprint density at radius 1 is 1.23 bits per heavy atom. The molecule has 0 saturated heterocycles. The predicted octanol–water partition coefficient (Wildman–Crippen LogP) is 3.94. The number of sulfone groups is 1. The van der Waals surface area contributed by atoms with Crippen LogP contribution in [0.5, 0.6) is 0 Å². The highest BCUT2D eigenvalue weighted by molar-refractivity contribution is 7.93. The molecule has 0 aliphatic rings. The fourth-order valence-electron chi connectivity index (χ4n) is 2.55. The third-order valence-electron chi connectivity index (χ3n) is 3.92. The lowest BCUT2D eigenvalue weighted by Gasteiger charge is -2.24. The molecule has 0 bridgehead atoms. The third-order valence-corrected chi connectivity index (χ3v) is 7.21. The molecule has 0 aliphatic heterocycles. The summed E-state index contributed by atoms with van der Waals surface area (Å²) in [6.45, 7) is 5.20. The van der Waals surface area contributed by atoms with Gasteiger partial charge in [-0.05, 0) is 45.0 Å². The molecule has 3 rings (SSSR count). The van der Waals surface area contributed by atoms with Crippen LogP contribution in [-0.2, 0) is 21.1 Å². The lowest BCUT2D eigenvalue weighted by atomic mass is 10.2. The monoisotopic (exact) mass is 464 g/mol. The van der Waals surface area contributed by atoms with E-state index in [2.05, 4.69) is 15.0 Å². The fourth-order valence-corrected chi connectivity index (χ4v) is 5.51. The number of hydrogen-bond donors (Lipinski definition) is 0. The van der Waals surface area contributed by atoms with Crippen molar-refractivity contribution in [3.8, 4) is 11.3 Å². The molecule has 11 heteroatoms. The van der Waals surface area contributed by atoms with Crippen LogP contribution in [0.1, 0.15) is 25.8 Å². The van der Waals surface area contributed by atoms with Crippen molar-refractivity contribution in [2.45, 2.75) is 42.0 Å². The van der Waals surface area contributed by atoms with E-state index in [-0.39, 0.29) is 26.9 Å². The van der Waals surface area contributed by atoms with Gasteiger partial charge in [-0.1, -0.05) is 0 Å². The van der Waals surface area contributed by atoms with Gasteiger partial charge in [0.25, 0.3) is 0 Å². The maximum Gasteiger partial charge on any atom is 0.410 e. The van der Waals surface area contributed by atoms with E-state index < -0.39 is 27.5 Å². The van der Waals surface area contributed by atoms with Gasteiger partial charge < -0.3 is 9.64 Å². The first-order valence-electron chi connectivity index (χ1n) is 9.19. The lowest BCUT2D eigenvalue weighted by Crippen LogP contribution is -2.33. The van der Waals surface area contributed by atoms with Crippen molar-refractivity contribution in [1.29, 1.82) is 0 Å². The number of carbonyl (C=O) groups excluding carboxylic acids is 1. The van der Waals surface area contributed by atoms with Crippen LogP contribution in [0.3, 0.4) is 0 Å². The van der Waals surface area contributed by atoms with Crippen LogP contribution in [0.4, 0.5) is 9.18 Å². The second-order valence-corrected chi connectivity index (χ2v) is 10.8. The molecule has 164 valence electrons. The van der Waals surface area contributed by atoms with Gasteiger partial charge in [-0.3, -0.25) is 4.98 Å². The molecule has 0 aliphatic carbocycles. The van der Waals surface area contributed by atoms with Crippen molar-refractivity contribution in [2.24, 2.45) is 0 Å². The molecule has 8 nitrogen and oxygen atoms in total. The summed E-state index contributed by atoms with van der Waals surface area (Å²) in [6, 6.07) is 5.79. The maximum atomic E-state index is 14.4. The standard InChI is InChI=1S/C20H21FN4O4S2/c1-20(2,3)29-19(26)25(4)12-15-24-16(14-8-6-10-23-17(14)21)18(30-15)31(27,28)13-7-5-9-22-11-13/h5-11H,12H2,1-4H3. The highest BCUT2D eigenvalue weighted by Gasteiger charge is 2.29. The van der Waals surface area contributed by atoms with Crippen molar-refractivity contribution in [2.75, 3.05) is 7.05 Å². The molecule has 0 aromatic carbocycles. The van der Waals surface area contributed by atoms with E-state index in [0.29, 0.717) is 5.01 Å². The van der Waals surface area contributed by atoms with Gasteiger partial charge in [0.2, 0.25) is 15.8 Å². The summed E-state index contributed by atoms with van der Waals surface area (Å²) in [7, 11) is -2.53. The smallest absolute Gasteiger partial charge is 0.410 e. The second kappa shape index (κ2) is 8.67. The summed E-state index contributed by atoms with van der Waals surface area (Å²) in [5.74, 6) is -0.845. The van der Waals surface area contributed by atoms with Crippen LogP contribution in [0.25, 0.3) is 11.3 Å². The molecule has 31 heavy (non-hydrogen) atoms. The lowest BCUT2D eigenvalue weighted by molar-refractivity contribution is 0.0285. The Hall–Kier alpha value is -2.92. The quantitative estimate of drug-likeness (QED) is 0.527. The summed E-state index contributed by atoms with van der Waals surface area (Å²) < 4.78 is 46.0. The molecular weight excluding hydrogens is 443 g/mol. The number of ether oxygens (including phenoxy) is 1. The number of amides is 1. The number of aromatic nitrogens is 3. The van der Waals surface area contributed by atoms with Gasteiger partial charge in [-0.25, -0.2) is 23.2 Å². The van der Waals surface area contributed by atoms with E-state index >= 15 is 0 Å². The molecule has 3 heterocycles. The third kappa shape index (κ3) is 5.23. The highest BCUT2D eigenvalue weighted by atomic mass is 32.2. The zero-order chi connectivity index (χ0) is 22.8. The van der Waals surface area contributed by atoms with Crippen LogP contribution < -0.4 is 0 Å². The van der Waals surface area contributed by atoms with Crippen molar-refractivity contribution in [3.05, 3.63) is 53.8 Å². The molecule has 0 radical (unpaired) electrons. The van der Waals surface area contributed by atoms with Crippen LogP contribution in [-0.4, -0.2) is 47.0 Å². The summed E-state index contributed by atoms with van der Waals surface area (Å²) >= 11 is 0.858. The number of nitrogens with zero attached hydrogens (tertiary/aromatic N) is 4. The van der Waals surface area contributed by atoms with Crippen LogP contribution in [0.15, 0.2) is 52.0 Å². The van der Waals surface area contributed by atoms with Gasteiger partial charge in [0.15, 0.2) is 4.21 Å². The van der Waals surface area contributed by atoms with Crippen molar-refractivity contribution in [3.63, 3.8) is 0 Å². The minimum Gasteiger partial charge on any atom is -0.444 e. The molecule has 0 spiro atoms. The second-order valence-electron chi connectivity index (χ2n) is 7.61. The van der Waals surface area contributed by atoms with E-state index in [4.69, 9.17) is 4.74 Å². The Morgan fingerprint density at radius 3 is 2.55 bits per heavy atom. The van der Waals surface area contributed by atoms with Crippen molar-refractivity contribution in [1.82, 2.24) is 19.9 Å². The zero-order valence-electron chi connectivity index (χ0n) is 17.4. The molecule has 0 atom stereocenters. The molecule has 0 saturated carbocycles. The SMILES string of the molecule is CN(Cc1nc(-c2cccnc2F)c(S(=O)(=O)c2cccnc2)s1)C(=O)OC(C)(C)C. The van der Waals surface area contributed by atoms with Crippen LogP contribution in [0, 0.1) is 5.95 Å². The largest absolute Gasteiger partial charge is 0.444 e. The Balaban J connectivity index is 2.05. The first kappa shape index (κ1) is 22.8. The van der Waals surface area contributed by atoms with Gasteiger partial charge in [0.1, 0.15) is 16.3 Å². The minimum absolute atomic E-state index is 0.0168. The number of pyridine rings is 2. The fraction of sp³-hybridized carbons (Fsp3) is 0.300. The Morgan fingerprint density at radius 2 is 1.94 bits per heavy atom.